The number of hydrogen-bond acceptors (Lipinski definition) is 3. The summed E-state index contributed by atoms with van der Waals surface area (Å²) in [4.78, 5) is 12.6. The molecule has 0 aliphatic heterocycles. The summed E-state index contributed by atoms with van der Waals surface area (Å²) in [6.07, 6.45) is 0. The van der Waals surface area contributed by atoms with E-state index in [1.807, 2.05) is 39.0 Å². The van der Waals surface area contributed by atoms with Crippen molar-refractivity contribution in [1.82, 2.24) is 5.32 Å². The van der Waals surface area contributed by atoms with E-state index in [2.05, 4.69) is 5.32 Å². The van der Waals surface area contributed by atoms with Crippen LogP contribution >= 0.6 is 22.9 Å². The topological polar surface area (TPSA) is 38.3 Å². The van der Waals surface area contributed by atoms with Gasteiger partial charge in [0.15, 0.2) is 0 Å². The van der Waals surface area contributed by atoms with Crippen molar-refractivity contribution in [1.29, 1.82) is 0 Å². The number of amides is 1. The third kappa shape index (κ3) is 4.22. The molecule has 0 aliphatic carbocycles. The van der Waals surface area contributed by atoms with E-state index in [9.17, 15) is 4.79 Å². The summed E-state index contributed by atoms with van der Waals surface area (Å²) >= 11 is 7.10. The molecule has 1 aromatic heterocycles. The number of rotatable bonds is 5. The number of carbonyl (C=O) groups excluding carboxylic acids is 1. The third-order valence-corrected chi connectivity index (χ3v) is 4.29. The van der Waals surface area contributed by atoms with Crippen LogP contribution in [-0.4, -0.2) is 18.6 Å². The van der Waals surface area contributed by atoms with Crippen LogP contribution in [0.25, 0.3) is 0 Å². The lowest BCUT2D eigenvalue weighted by atomic mass is 10.1. The molecule has 1 amide bonds. The molecule has 0 saturated heterocycles. The first-order valence-electron chi connectivity index (χ1n) is 6.72. The van der Waals surface area contributed by atoms with Crippen LogP contribution in [-0.2, 0) is 0 Å². The van der Waals surface area contributed by atoms with E-state index in [0.29, 0.717) is 15.8 Å². The third-order valence-electron chi connectivity index (χ3n) is 3.06. The molecule has 0 saturated carbocycles. The standard InChI is InChI=1S/C16H18ClNO2S/c1-10-5-4-6-11(2)15(10)20-9-12(3)18-16(19)13-7-8-14(17)21-13/h4-8,12H,9H2,1-3H3,(H,18,19). The minimum absolute atomic E-state index is 0.0858. The van der Waals surface area contributed by atoms with Crippen molar-refractivity contribution in [3.05, 3.63) is 50.7 Å². The highest BCUT2D eigenvalue weighted by Crippen LogP contribution is 2.23. The number of thiophene rings is 1. The van der Waals surface area contributed by atoms with Crippen LogP contribution in [0.4, 0.5) is 0 Å². The number of para-hydroxylation sites is 1. The van der Waals surface area contributed by atoms with Crippen LogP contribution in [0.1, 0.15) is 27.7 Å². The van der Waals surface area contributed by atoms with Crippen LogP contribution in [0.15, 0.2) is 30.3 Å². The van der Waals surface area contributed by atoms with Gasteiger partial charge in [0.1, 0.15) is 12.4 Å². The number of ether oxygens (including phenoxy) is 1. The molecule has 5 heteroatoms. The first kappa shape index (κ1) is 15.9. The summed E-state index contributed by atoms with van der Waals surface area (Å²) in [5.74, 6) is 0.766. The minimum Gasteiger partial charge on any atom is -0.491 e. The summed E-state index contributed by atoms with van der Waals surface area (Å²) in [7, 11) is 0. The second-order valence-corrected chi connectivity index (χ2v) is 6.73. The molecule has 0 radical (unpaired) electrons. The van der Waals surface area contributed by atoms with Gasteiger partial charge in [0.05, 0.1) is 15.3 Å². The smallest absolute Gasteiger partial charge is 0.261 e. The highest BCUT2D eigenvalue weighted by Gasteiger charge is 2.13. The molecule has 1 aromatic carbocycles. The molecule has 112 valence electrons. The zero-order chi connectivity index (χ0) is 15.4. The molecule has 1 atom stereocenters. The molecule has 21 heavy (non-hydrogen) atoms. The van der Waals surface area contributed by atoms with Gasteiger partial charge in [0.2, 0.25) is 0 Å². The minimum atomic E-state index is -0.121. The Hall–Kier alpha value is -1.52. The van der Waals surface area contributed by atoms with Gasteiger partial charge in [-0.25, -0.2) is 0 Å². The summed E-state index contributed by atoms with van der Waals surface area (Å²) in [6.45, 7) is 6.37. The Morgan fingerprint density at radius 2 is 1.95 bits per heavy atom. The van der Waals surface area contributed by atoms with E-state index in [1.165, 1.54) is 11.3 Å². The van der Waals surface area contributed by atoms with Crippen molar-refractivity contribution in [2.45, 2.75) is 26.8 Å². The molecule has 0 aliphatic rings. The van der Waals surface area contributed by atoms with Crippen molar-refractivity contribution in [3.8, 4) is 5.75 Å². The van der Waals surface area contributed by atoms with E-state index >= 15 is 0 Å². The summed E-state index contributed by atoms with van der Waals surface area (Å²) in [5, 5.41) is 2.91. The Bertz CT molecular complexity index is 619. The van der Waals surface area contributed by atoms with Crippen molar-refractivity contribution in [2.24, 2.45) is 0 Å². The number of halogens is 1. The lowest BCUT2D eigenvalue weighted by molar-refractivity contribution is 0.0930. The van der Waals surface area contributed by atoms with Gasteiger partial charge >= 0.3 is 0 Å². The number of nitrogens with one attached hydrogen (secondary N) is 1. The number of carbonyl (C=O) groups is 1. The largest absolute Gasteiger partial charge is 0.491 e. The van der Waals surface area contributed by atoms with Gasteiger partial charge in [-0.05, 0) is 44.0 Å². The quantitative estimate of drug-likeness (QED) is 0.894. The van der Waals surface area contributed by atoms with Crippen LogP contribution in [0.2, 0.25) is 4.34 Å². The Balaban J connectivity index is 1.90. The number of benzene rings is 1. The molecule has 1 heterocycles. The van der Waals surface area contributed by atoms with E-state index in [-0.39, 0.29) is 11.9 Å². The average molecular weight is 324 g/mol. The molecule has 1 N–H and O–H groups in total. The molecule has 3 nitrogen and oxygen atoms in total. The Labute approximate surface area is 133 Å². The van der Waals surface area contributed by atoms with Crippen LogP contribution in [0.3, 0.4) is 0 Å². The molecule has 0 fully saturated rings. The van der Waals surface area contributed by atoms with Gasteiger partial charge in [0.25, 0.3) is 5.91 Å². The van der Waals surface area contributed by atoms with Crippen LogP contribution < -0.4 is 10.1 Å². The lowest BCUT2D eigenvalue weighted by Gasteiger charge is -2.17. The highest BCUT2D eigenvalue weighted by atomic mass is 35.5. The van der Waals surface area contributed by atoms with Gasteiger partial charge in [0, 0.05) is 0 Å². The zero-order valence-corrected chi connectivity index (χ0v) is 13.8. The maximum absolute atomic E-state index is 12.0. The van der Waals surface area contributed by atoms with Gasteiger partial charge in [-0.3, -0.25) is 4.79 Å². The zero-order valence-electron chi connectivity index (χ0n) is 12.3. The first-order chi connectivity index (χ1) is 9.97. The maximum atomic E-state index is 12.0. The summed E-state index contributed by atoms with van der Waals surface area (Å²) in [6, 6.07) is 9.39. The van der Waals surface area contributed by atoms with Gasteiger partial charge < -0.3 is 10.1 Å². The molecule has 2 rings (SSSR count). The molecule has 2 aromatic rings. The molecule has 0 spiro atoms. The Morgan fingerprint density at radius 1 is 1.29 bits per heavy atom. The second-order valence-electron chi connectivity index (χ2n) is 5.01. The Kier molecular flexibility index (Phi) is 5.26. The molecule has 0 bridgehead atoms. The summed E-state index contributed by atoms with van der Waals surface area (Å²) in [5.41, 5.74) is 2.19. The van der Waals surface area contributed by atoms with Gasteiger partial charge in [-0.15, -0.1) is 11.3 Å². The maximum Gasteiger partial charge on any atom is 0.261 e. The fourth-order valence-electron chi connectivity index (χ4n) is 2.01. The molecule has 1 unspecified atom stereocenters. The number of hydrogen-bond donors (Lipinski definition) is 1. The molecular formula is C16H18ClNO2S. The SMILES string of the molecule is Cc1cccc(C)c1OCC(C)NC(=O)c1ccc(Cl)s1. The highest BCUT2D eigenvalue weighted by molar-refractivity contribution is 7.17. The Morgan fingerprint density at radius 3 is 2.52 bits per heavy atom. The molecular weight excluding hydrogens is 306 g/mol. The van der Waals surface area contributed by atoms with Gasteiger partial charge in [-0.1, -0.05) is 29.8 Å². The monoisotopic (exact) mass is 323 g/mol. The van der Waals surface area contributed by atoms with Crippen LogP contribution in [0, 0.1) is 13.8 Å². The predicted octanol–water partition coefficient (Wildman–Crippen LogP) is 4.22. The van der Waals surface area contributed by atoms with E-state index in [1.54, 1.807) is 12.1 Å². The van der Waals surface area contributed by atoms with E-state index < -0.39 is 0 Å². The van der Waals surface area contributed by atoms with E-state index in [4.69, 9.17) is 16.3 Å². The second kappa shape index (κ2) is 6.96. The fraction of sp³-hybridized carbons (Fsp3) is 0.312. The van der Waals surface area contributed by atoms with E-state index in [0.717, 1.165) is 16.9 Å². The van der Waals surface area contributed by atoms with Crippen molar-refractivity contribution in [3.63, 3.8) is 0 Å². The van der Waals surface area contributed by atoms with Gasteiger partial charge in [-0.2, -0.15) is 0 Å². The van der Waals surface area contributed by atoms with Crippen molar-refractivity contribution in [2.75, 3.05) is 6.61 Å². The average Bonchev–Trinajstić information content (AvgIpc) is 2.85. The number of aryl methyl sites for hydroxylation is 2. The first-order valence-corrected chi connectivity index (χ1v) is 7.92. The summed E-state index contributed by atoms with van der Waals surface area (Å²) < 4.78 is 6.44. The normalized spacial score (nSPS) is 12.0. The predicted molar refractivity (Wildman–Crippen MR) is 87.7 cm³/mol. The fourth-order valence-corrected chi connectivity index (χ4v) is 2.95. The van der Waals surface area contributed by atoms with Crippen LogP contribution in [0.5, 0.6) is 5.75 Å². The van der Waals surface area contributed by atoms with Crippen molar-refractivity contribution >= 4 is 28.8 Å². The van der Waals surface area contributed by atoms with Crippen molar-refractivity contribution < 1.29 is 9.53 Å². The lowest BCUT2D eigenvalue weighted by Crippen LogP contribution is -2.36.